The SMILES string of the molecule is c1ccc(CCCOc2ccc(CNC3CC3)nc2)cc1. The van der Waals surface area contributed by atoms with Crippen LogP contribution in [0.25, 0.3) is 0 Å². The first-order valence-electron chi connectivity index (χ1n) is 7.75. The zero-order chi connectivity index (χ0) is 14.3. The molecule has 2 aromatic rings. The van der Waals surface area contributed by atoms with Crippen LogP contribution in [0.2, 0.25) is 0 Å². The van der Waals surface area contributed by atoms with Crippen molar-refractivity contribution in [3.8, 4) is 5.75 Å². The molecule has 110 valence electrons. The first kappa shape index (κ1) is 14.1. The lowest BCUT2D eigenvalue weighted by molar-refractivity contribution is 0.309. The van der Waals surface area contributed by atoms with Crippen molar-refractivity contribution in [1.29, 1.82) is 0 Å². The third-order valence-electron chi connectivity index (χ3n) is 3.67. The van der Waals surface area contributed by atoms with E-state index in [2.05, 4.69) is 34.6 Å². The fourth-order valence-electron chi connectivity index (χ4n) is 2.25. The van der Waals surface area contributed by atoms with E-state index < -0.39 is 0 Å². The van der Waals surface area contributed by atoms with Gasteiger partial charge in [-0.3, -0.25) is 4.98 Å². The lowest BCUT2D eigenvalue weighted by Gasteiger charge is -2.07. The fourth-order valence-corrected chi connectivity index (χ4v) is 2.25. The molecule has 0 spiro atoms. The van der Waals surface area contributed by atoms with Crippen molar-refractivity contribution < 1.29 is 4.74 Å². The zero-order valence-corrected chi connectivity index (χ0v) is 12.3. The van der Waals surface area contributed by atoms with Crippen LogP contribution in [0.3, 0.4) is 0 Å². The van der Waals surface area contributed by atoms with E-state index in [0.717, 1.165) is 43.5 Å². The molecule has 3 heteroatoms. The van der Waals surface area contributed by atoms with Crippen molar-refractivity contribution in [3.05, 3.63) is 59.9 Å². The molecule has 1 fully saturated rings. The van der Waals surface area contributed by atoms with Gasteiger partial charge in [0.1, 0.15) is 5.75 Å². The van der Waals surface area contributed by atoms with E-state index in [1.54, 1.807) is 0 Å². The van der Waals surface area contributed by atoms with Crippen LogP contribution in [0.15, 0.2) is 48.7 Å². The molecule has 1 aromatic carbocycles. The Balaban J connectivity index is 1.36. The molecule has 0 bridgehead atoms. The summed E-state index contributed by atoms with van der Waals surface area (Å²) >= 11 is 0. The summed E-state index contributed by atoms with van der Waals surface area (Å²) in [7, 11) is 0. The average molecular weight is 282 g/mol. The van der Waals surface area contributed by atoms with Crippen LogP contribution in [-0.4, -0.2) is 17.6 Å². The van der Waals surface area contributed by atoms with Crippen LogP contribution in [0, 0.1) is 0 Å². The molecule has 0 amide bonds. The summed E-state index contributed by atoms with van der Waals surface area (Å²) in [6.45, 7) is 1.59. The van der Waals surface area contributed by atoms with E-state index in [0.29, 0.717) is 0 Å². The maximum Gasteiger partial charge on any atom is 0.137 e. The average Bonchev–Trinajstić information content (AvgIpc) is 3.36. The highest BCUT2D eigenvalue weighted by molar-refractivity contribution is 5.20. The number of benzene rings is 1. The van der Waals surface area contributed by atoms with Gasteiger partial charge in [0.25, 0.3) is 0 Å². The number of hydrogen-bond acceptors (Lipinski definition) is 3. The molecule has 1 aromatic heterocycles. The number of nitrogens with one attached hydrogen (secondary N) is 1. The Bertz CT molecular complexity index is 535. The molecule has 1 aliphatic rings. The summed E-state index contributed by atoms with van der Waals surface area (Å²) in [4.78, 5) is 4.43. The van der Waals surface area contributed by atoms with Crippen LogP contribution in [0.5, 0.6) is 5.75 Å². The third-order valence-corrected chi connectivity index (χ3v) is 3.67. The Morgan fingerprint density at radius 3 is 2.67 bits per heavy atom. The number of aryl methyl sites for hydroxylation is 1. The van der Waals surface area contributed by atoms with Gasteiger partial charge in [0.2, 0.25) is 0 Å². The van der Waals surface area contributed by atoms with Crippen molar-refractivity contribution in [2.75, 3.05) is 6.61 Å². The normalized spacial score (nSPS) is 14.1. The Morgan fingerprint density at radius 2 is 1.95 bits per heavy atom. The van der Waals surface area contributed by atoms with Gasteiger partial charge in [-0.15, -0.1) is 0 Å². The first-order valence-corrected chi connectivity index (χ1v) is 7.75. The van der Waals surface area contributed by atoms with Gasteiger partial charge in [-0.1, -0.05) is 30.3 Å². The summed E-state index contributed by atoms with van der Waals surface area (Å²) < 4.78 is 5.74. The number of pyridine rings is 1. The number of nitrogens with zero attached hydrogens (tertiary/aromatic N) is 1. The highest BCUT2D eigenvalue weighted by Crippen LogP contribution is 2.19. The lowest BCUT2D eigenvalue weighted by atomic mass is 10.1. The molecule has 1 saturated carbocycles. The molecule has 0 saturated heterocycles. The number of ether oxygens (including phenoxy) is 1. The second-order valence-electron chi connectivity index (χ2n) is 5.58. The first-order chi connectivity index (χ1) is 10.4. The monoisotopic (exact) mass is 282 g/mol. The molecule has 1 aliphatic carbocycles. The Kier molecular flexibility index (Phi) is 4.85. The molecule has 0 atom stereocenters. The van der Waals surface area contributed by atoms with Crippen molar-refractivity contribution in [1.82, 2.24) is 10.3 Å². The largest absolute Gasteiger partial charge is 0.492 e. The van der Waals surface area contributed by atoms with Gasteiger partial charge in [0.05, 0.1) is 18.5 Å². The minimum absolute atomic E-state index is 0.723. The van der Waals surface area contributed by atoms with Gasteiger partial charge < -0.3 is 10.1 Å². The highest BCUT2D eigenvalue weighted by Gasteiger charge is 2.19. The van der Waals surface area contributed by atoms with Gasteiger partial charge in [-0.25, -0.2) is 0 Å². The molecule has 0 aliphatic heterocycles. The number of hydrogen-bond donors (Lipinski definition) is 1. The molecule has 3 nitrogen and oxygen atoms in total. The molecule has 3 rings (SSSR count). The van der Waals surface area contributed by atoms with Gasteiger partial charge in [-0.2, -0.15) is 0 Å². The minimum Gasteiger partial charge on any atom is -0.492 e. The van der Waals surface area contributed by atoms with Crippen molar-refractivity contribution in [2.24, 2.45) is 0 Å². The van der Waals surface area contributed by atoms with Crippen LogP contribution in [0.1, 0.15) is 30.5 Å². The minimum atomic E-state index is 0.723. The van der Waals surface area contributed by atoms with Crippen LogP contribution < -0.4 is 10.1 Å². The predicted molar refractivity (Wildman–Crippen MR) is 84.4 cm³/mol. The van der Waals surface area contributed by atoms with Gasteiger partial charge in [0.15, 0.2) is 0 Å². The summed E-state index contributed by atoms with van der Waals surface area (Å²) in [6, 6.07) is 15.3. The predicted octanol–water partition coefficient (Wildman–Crippen LogP) is 3.35. The standard InChI is InChI=1S/C18H22N2O/c1-2-5-15(6-3-1)7-4-12-21-18-11-10-17(20-14-18)13-19-16-8-9-16/h1-3,5-6,10-11,14,16,19H,4,7-9,12-13H2. The lowest BCUT2D eigenvalue weighted by Crippen LogP contribution is -2.16. The molecule has 1 heterocycles. The molecule has 0 unspecified atom stereocenters. The maximum absolute atomic E-state index is 5.74. The Labute approximate surface area is 126 Å². The molecular formula is C18H22N2O. The van der Waals surface area contributed by atoms with E-state index in [-0.39, 0.29) is 0 Å². The smallest absolute Gasteiger partial charge is 0.137 e. The van der Waals surface area contributed by atoms with Gasteiger partial charge >= 0.3 is 0 Å². The Morgan fingerprint density at radius 1 is 1.10 bits per heavy atom. The molecule has 1 N–H and O–H groups in total. The number of rotatable bonds is 8. The maximum atomic E-state index is 5.74. The van der Waals surface area contributed by atoms with E-state index in [1.165, 1.54) is 18.4 Å². The highest BCUT2D eigenvalue weighted by atomic mass is 16.5. The second kappa shape index (κ2) is 7.23. The summed E-state index contributed by atoms with van der Waals surface area (Å²) in [5.74, 6) is 0.859. The van der Waals surface area contributed by atoms with Crippen molar-refractivity contribution in [3.63, 3.8) is 0 Å². The summed E-state index contributed by atoms with van der Waals surface area (Å²) in [6.07, 6.45) is 6.52. The number of aromatic nitrogens is 1. The fraction of sp³-hybridized carbons (Fsp3) is 0.389. The van der Waals surface area contributed by atoms with Crippen LogP contribution >= 0.6 is 0 Å². The van der Waals surface area contributed by atoms with Gasteiger partial charge in [-0.05, 0) is 43.4 Å². The van der Waals surface area contributed by atoms with E-state index >= 15 is 0 Å². The van der Waals surface area contributed by atoms with Crippen molar-refractivity contribution >= 4 is 0 Å². The molecular weight excluding hydrogens is 260 g/mol. The second-order valence-corrected chi connectivity index (χ2v) is 5.58. The summed E-state index contributed by atoms with van der Waals surface area (Å²) in [5.41, 5.74) is 2.44. The third kappa shape index (κ3) is 4.87. The molecule has 21 heavy (non-hydrogen) atoms. The van der Waals surface area contributed by atoms with E-state index in [9.17, 15) is 0 Å². The van der Waals surface area contributed by atoms with Crippen molar-refractivity contribution in [2.45, 2.75) is 38.3 Å². The zero-order valence-electron chi connectivity index (χ0n) is 12.3. The Hall–Kier alpha value is -1.87. The van der Waals surface area contributed by atoms with E-state index in [4.69, 9.17) is 4.74 Å². The van der Waals surface area contributed by atoms with Crippen LogP contribution in [0.4, 0.5) is 0 Å². The summed E-state index contributed by atoms with van der Waals surface area (Å²) in [5, 5.41) is 3.46. The quantitative estimate of drug-likeness (QED) is 0.754. The van der Waals surface area contributed by atoms with Gasteiger partial charge in [0, 0.05) is 12.6 Å². The topological polar surface area (TPSA) is 34.1 Å². The van der Waals surface area contributed by atoms with Crippen LogP contribution in [-0.2, 0) is 13.0 Å². The molecule has 0 radical (unpaired) electrons. The van der Waals surface area contributed by atoms with E-state index in [1.807, 2.05) is 24.4 Å².